The van der Waals surface area contributed by atoms with Crippen molar-refractivity contribution in [2.24, 2.45) is 0 Å². The zero-order valence-corrected chi connectivity index (χ0v) is 12.1. The number of nitrogens with zero attached hydrogens (tertiary/aromatic N) is 3. The van der Waals surface area contributed by atoms with Crippen LogP contribution in [0.2, 0.25) is 0 Å². The van der Waals surface area contributed by atoms with Crippen LogP contribution in [0.25, 0.3) is 0 Å². The first kappa shape index (κ1) is 15.4. The number of aromatic nitrogens is 1. The van der Waals surface area contributed by atoms with E-state index in [9.17, 15) is 4.79 Å². The van der Waals surface area contributed by atoms with Crippen molar-refractivity contribution in [3.8, 4) is 0 Å². The Kier molecular flexibility index (Phi) is 6.56. The van der Waals surface area contributed by atoms with Crippen LogP contribution in [0.4, 0.5) is 0 Å². The van der Waals surface area contributed by atoms with E-state index in [4.69, 9.17) is 0 Å². The van der Waals surface area contributed by atoms with Gasteiger partial charge in [-0.15, -0.1) is 23.7 Å². The Labute approximate surface area is 118 Å². The van der Waals surface area contributed by atoms with E-state index in [0.29, 0.717) is 6.54 Å². The highest BCUT2D eigenvalue weighted by Gasteiger charge is 2.17. The lowest BCUT2D eigenvalue weighted by Crippen LogP contribution is -2.49. The molecule has 0 aliphatic carbocycles. The van der Waals surface area contributed by atoms with Crippen molar-refractivity contribution in [1.29, 1.82) is 0 Å². The smallest absolute Gasteiger partial charge is 0.236 e. The zero-order chi connectivity index (χ0) is 12.1. The topological polar surface area (TPSA) is 48.5 Å². The first-order valence-corrected chi connectivity index (χ1v) is 6.69. The van der Waals surface area contributed by atoms with Crippen LogP contribution in [0.15, 0.2) is 11.6 Å². The fourth-order valence-electron chi connectivity index (χ4n) is 1.86. The molecule has 1 amide bonds. The van der Waals surface area contributed by atoms with Crippen LogP contribution in [0.3, 0.4) is 0 Å². The minimum absolute atomic E-state index is 0. The molecule has 0 spiro atoms. The van der Waals surface area contributed by atoms with E-state index in [1.165, 1.54) is 0 Å². The number of rotatable bonds is 4. The molecule has 0 atom stereocenters. The van der Waals surface area contributed by atoms with Gasteiger partial charge in [0.05, 0.1) is 13.1 Å². The summed E-state index contributed by atoms with van der Waals surface area (Å²) in [6.45, 7) is 4.67. The predicted molar refractivity (Wildman–Crippen MR) is 75.1 cm³/mol. The highest BCUT2D eigenvalue weighted by atomic mass is 35.5. The van der Waals surface area contributed by atoms with Crippen molar-refractivity contribution in [3.63, 3.8) is 0 Å². The van der Waals surface area contributed by atoms with Gasteiger partial charge in [0.1, 0.15) is 5.01 Å². The molecule has 0 unspecified atom stereocenters. The predicted octanol–water partition coefficient (Wildman–Crippen LogP) is 0.429. The maximum atomic E-state index is 12.0. The second-order valence-corrected chi connectivity index (χ2v) is 5.21. The molecule has 5 nitrogen and oxygen atoms in total. The van der Waals surface area contributed by atoms with E-state index >= 15 is 0 Å². The summed E-state index contributed by atoms with van der Waals surface area (Å²) in [5.74, 6) is 0.213. The van der Waals surface area contributed by atoms with Crippen molar-refractivity contribution in [3.05, 3.63) is 16.6 Å². The van der Waals surface area contributed by atoms with Crippen LogP contribution in [0.1, 0.15) is 5.01 Å². The highest BCUT2D eigenvalue weighted by molar-refractivity contribution is 7.09. The van der Waals surface area contributed by atoms with Crippen LogP contribution in [0, 0.1) is 0 Å². The van der Waals surface area contributed by atoms with Gasteiger partial charge in [0.15, 0.2) is 0 Å². The molecule has 0 bridgehead atoms. The van der Waals surface area contributed by atoms with Crippen LogP contribution in [-0.4, -0.2) is 60.5 Å². The van der Waals surface area contributed by atoms with E-state index in [1.54, 1.807) is 17.5 Å². The molecule has 1 saturated heterocycles. The molecule has 18 heavy (non-hydrogen) atoms. The normalized spacial score (nSPS) is 15.6. The van der Waals surface area contributed by atoms with Crippen molar-refractivity contribution in [1.82, 2.24) is 20.1 Å². The van der Waals surface area contributed by atoms with Crippen molar-refractivity contribution in [2.45, 2.75) is 6.54 Å². The number of amides is 1. The third-order valence-corrected chi connectivity index (χ3v) is 3.53. The van der Waals surface area contributed by atoms with Gasteiger partial charge in [-0.2, -0.15) is 0 Å². The molecule has 102 valence electrons. The molecule has 2 rings (SSSR count). The number of nitrogens with one attached hydrogen (secondary N) is 1. The number of piperazine rings is 1. The van der Waals surface area contributed by atoms with Gasteiger partial charge in [-0.1, -0.05) is 0 Å². The van der Waals surface area contributed by atoms with Crippen LogP contribution < -0.4 is 5.32 Å². The van der Waals surface area contributed by atoms with Gasteiger partial charge in [-0.3, -0.25) is 9.69 Å². The molecule has 1 aromatic rings. The molecule has 0 aromatic carbocycles. The molecule has 0 saturated carbocycles. The SMILES string of the molecule is CN(CC(=O)N1CCNCC1)Cc1nccs1.Cl. The van der Waals surface area contributed by atoms with E-state index < -0.39 is 0 Å². The van der Waals surface area contributed by atoms with E-state index in [1.807, 2.05) is 22.2 Å². The fourth-order valence-corrected chi connectivity index (χ4v) is 2.56. The third kappa shape index (κ3) is 4.53. The van der Waals surface area contributed by atoms with Gasteiger partial charge in [0.2, 0.25) is 5.91 Å². The number of hydrogen-bond acceptors (Lipinski definition) is 5. The molecule has 1 aliphatic rings. The Balaban J connectivity index is 0.00000162. The molecular formula is C11H19ClN4OS. The van der Waals surface area contributed by atoms with Gasteiger partial charge in [0, 0.05) is 37.8 Å². The standard InChI is InChI=1S/C11H18N4OS.ClH/c1-14(8-10-13-4-7-17-10)9-11(16)15-5-2-12-3-6-15;/h4,7,12H,2-3,5-6,8-9H2,1H3;1H. The van der Waals surface area contributed by atoms with Gasteiger partial charge in [0.25, 0.3) is 0 Å². The van der Waals surface area contributed by atoms with Gasteiger partial charge in [-0.05, 0) is 7.05 Å². The molecular weight excluding hydrogens is 272 g/mol. The summed E-state index contributed by atoms with van der Waals surface area (Å²) in [7, 11) is 1.96. The molecule has 2 heterocycles. The summed E-state index contributed by atoms with van der Waals surface area (Å²) in [4.78, 5) is 20.1. The monoisotopic (exact) mass is 290 g/mol. The Morgan fingerprint density at radius 1 is 1.56 bits per heavy atom. The Morgan fingerprint density at radius 2 is 2.28 bits per heavy atom. The lowest BCUT2D eigenvalue weighted by molar-refractivity contribution is -0.132. The quantitative estimate of drug-likeness (QED) is 0.874. The van der Waals surface area contributed by atoms with Gasteiger partial charge < -0.3 is 10.2 Å². The van der Waals surface area contributed by atoms with E-state index in [2.05, 4.69) is 10.3 Å². The third-order valence-electron chi connectivity index (χ3n) is 2.76. The van der Waals surface area contributed by atoms with E-state index in [0.717, 1.165) is 37.7 Å². The number of carbonyl (C=O) groups is 1. The summed E-state index contributed by atoms with van der Waals surface area (Å²) in [5, 5.41) is 6.26. The number of thiazole rings is 1. The summed E-state index contributed by atoms with van der Waals surface area (Å²) < 4.78 is 0. The summed E-state index contributed by atoms with van der Waals surface area (Å²) >= 11 is 1.63. The van der Waals surface area contributed by atoms with Gasteiger partial charge >= 0.3 is 0 Å². The Hall–Kier alpha value is -0.690. The second-order valence-electron chi connectivity index (χ2n) is 4.23. The van der Waals surface area contributed by atoms with Crippen LogP contribution in [-0.2, 0) is 11.3 Å². The summed E-state index contributed by atoms with van der Waals surface area (Å²) in [6.07, 6.45) is 1.80. The molecule has 0 radical (unpaired) electrons. The first-order chi connectivity index (χ1) is 8.25. The van der Waals surface area contributed by atoms with Crippen molar-refractivity contribution < 1.29 is 4.79 Å². The number of likely N-dealkylation sites (N-methyl/N-ethyl adjacent to an activating group) is 1. The average Bonchev–Trinajstić information content (AvgIpc) is 2.82. The van der Waals surface area contributed by atoms with Crippen LogP contribution >= 0.6 is 23.7 Å². The minimum atomic E-state index is 0. The van der Waals surface area contributed by atoms with E-state index in [-0.39, 0.29) is 18.3 Å². The highest BCUT2D eigenvalue weighted by Crippen LogP contribution is 2.07. The Morgan fingerprint density at radius 3 is 2.89 bits per heavy atom. The molecule has 1 N–H and O–H groups in total. The Bertz CT molecular complexity index is 354. The molecule has 1 fully saturated rings. The van der Waals surface area contributed by atoms with Crippen LogP contribution in [0.5, 0.6) is 0 Å². The maximum Gasteiger partial charge on any atom is 0.236 e. The zero-order valence-electron chi connectivity index (χ0n) is 10.5. The first-order valence-electron chi connectivity index (χ1n) is 5.81. The number of carbonyl (C=O) groups excluding carboxylic acids is 1. The second kappa shape index (κ2) is 7.68. The summed E-state index contributed by atoms with van der Waals surface area (Å²) in [6, 6.07) is 0. The molecule has 7 heteroatoms. The molecule has 1 aromatic heterocycles. The number of halogens is 1. The van der Waals surface area contributed by atoms with Crippen molar-refractivity contribution >= 4 is 29.7 Å². The largest absolute Gasteiger partial charge is 0.339 e. The fraction of sp³-hybridized carbons (Fsp3) is 0.636. The summed E-state index contributed by atoms with van der Waals surface area (Å²) in [5.41, 5.74) is 0. The van der Waals surface area contributed by atoms with Crippen molar-refractivity contribution in [2.75, 3.05) is 39.8 Å². The lowest BCUT2D eigenvalue weighted by Gasteiger charge is -2.29. The molecule has 1 aliphatic heterocycles. The average molecular weight is 291 g/mol. The number of hydrogen-bond donors (Lipinski definition) is 1. The minimum Gasteiger partial charge on any atom is -0.339 e. The maximum absolute atomic E-state index is 12.0. The van der Waals surface area contributed by atoms with Gasteiger partial charge in [-0.25, -0.2) is 4.98 Å². The lowest BCUT2D eigenvalue weighted by atomic mass is 10.3.